The largest absolute Gasteiger partial charge is 0.465 e. The van der Waals surface area contributed by atoms with Gasteiger partial charge in [-0.1, -0.05) is 18.9 Å². The summed E-state index contributed by atoms with van der Waals surface area (Å²) in [6.07, 6.45) is -0.401. The second-order valence-electron chi connectivity index (χ2n) is 5.36. The molecular weight excluding hydrogens is 230 g/mol. The van der Waals surface area contributed by atoms with E-state index in [2.05, 4.69) is 48.1 Å². The van der Waals surface area contributed by atoms with E-state index >= 15 is 0 Å². The van der Waals surface area contributed by atoms with Crippen LogP contribution in [0, 0.1) is 0 Å². The molecule has 0 spiro atoms. The van der Waals surface area contributed by atoms with Crippen LogP contribution < -0.4 is 4.90 Å². The van der Waals surface area contributed by atoms with Crippen molar-refractivity contribution >= 4 is 5.69 Å². The summed E-state index contributed by atoms with van der Waals surface area (Å²) in [4.78, 5) is 2.24. The van der Waals surface area contributed by atoms with Crippen LogP contribution in [-0.4, -0.2) is 28.9 Å². The third kappa shape index (κ3) is 1.54. The molecule has 5 nitrogen and oxygen atoms in total. The highest BCUT2D eigenvalue weighted by Gasteiger charge is 2.33. The number of fused-ring (bicyclic) bond motifs is 1. The Balaban J connectivity index is 2.12. The number of likely N-dealkylation sites (N-methyl/N-ethyl adjacent to an activating group) is 1. The molecule has 1 N–H and O–H groups in total. The molecule has 1 aliphatic heterocycles. The average molecular weight is 245 g/mol. The van der Waals surface area contributed by atoms with Crippen LogP contribution >= 0.6 is 0 Å². The van der Waals surface area contributed by atoms with Crippen molar-refractivity contribution in [2.45, 2.75) is 19.3 Å². The van der Waals surface area contributed by atoms with E-state index in [1.807, 2.05) is 6.07 Å². The van der Waals surface area contributed by atoms with E-state index < -0.39 is 6.08 Å². The molecule has 1 aliphatic rings. The van der Waals surface area contributed by atoms with Crippen LogP contribution in [0.4, 0.5) is 5.69 Å². The summed E-state index contributed by atoms with van der Waals surface area (Å²) in [5.74, 6) is 0.348. The number of aromatic nitrogens is 2. The fourth-order valence-corrected chi connectivity index (χ4v) is 2.64. The topological polar surface area (TPSA) is 62.4 Å². The molecular formula is C13H15N3O2. The van der Waals surface area contributed by atoms with Gasteiger partial charge >= 0.3 is 6.08 Å². The zero-order valence-corrected chi connectivity index (χ0v) is 10.6. The maximum atomic E-state index is 9.10. The lowest BCUT2D eigenvalue weighted by Crippen LogP contribution is -2.24. The monoisotopic (exact) mass is 245 g/mol. The lowest BCUT2D eigenvalue weighted by Gasteiger charge is -2.18. The predicted molar refractivity (Wildman–Crippen MR) is 67.7 cm³/mol. The number of benzene rings is 1. The van der Waals surface area contributed by atoms with E-state index in [4.69, 9.17) is 9.52 Å². The second-order valence-corrected chi connectivity index (χ2v) is 5.36. The molecule has 2 heterocycles. The number of rotatable bonds is 1. The third-order valence-electron chi connectivity index (χ3n) is 3.43. The minimum atomic E-state index is -0.401. The van der Waals surface area contributed by atoms with Crippen LogP contribution in [0.25, 0.3) is 11.5 Å². The maximum absolute atomic E-state index is 9.10. The van der Waals surface area contributed by atoms with Crippen molar-refractivity contribution in [1.29, 1.82) is 0 Å². The van der Waals surface area contributed by atoms with Crippen LogP contribution in [0.5, 0.6) is 6.08 Å². The second kappa shape index (κ2) is 3.48. The first-order chi connectivity index (χ1) is 8.47. The molecule has 5 heteroatoms. The summed E-state index contributed by atoms with van der Waals surface area (Å²) in [6, 6.07) is 6.05. The fourth-order valence-electron chi connectivity index (χ4n) is 2.64. The summed E-state index contributed by atoms with van der Waals surface area (Å²) in [6.45, 7) is 5.41. The van der Waals surface area contributed by atoms with E-state index in [1.54, 1.807) is 0 Å². The molecule has 0 atom stereocenters. The lowest BCUT2D eigenvalue weighted by atomic mass is 9.86. The van der Waals surface area contributed by atoms with Crippen molar-refractivity contribution in [3.63, 3.8) is 0 Å². The van der Waals surface area contributed by atoms with Crippen LogP contribution in [0.1, 0.15) is 19.4 Å². The van der Waals surface area contributed by atoms with Gasteiger partial charge in [0.05, 0.1) is 0 Å². The van der Waals surface area contributed by atoms with Gasteiger partial charge < -0.3 is 14.4 Å². The number of hydrogen-bond acceptors (Lipinski definition) is 5. The first-order valence-corrected chi connectivity index (χ1v) is 5.86. The maximum Gasteiger partial charge on any atom is 0.412 e. The predicted octanol–water partition coefficient (Wildman–Crippen LogP) is 2.17. The SMILES string of the molecule is CN1CC(C)(C)c2cc(-c3nnc(O)o3)ccc21. The molecule has 0 bridgehead atoms. The summed E-state index contributed by atoms with van der Waals surface area (Å²) < 4.78 is 5.04. The molecule has 0 amide bonds. The van der Waals surface area contributed by atoms with Gasteiger partial charge in [-0.25, -0.2) is 0 Å². The minimum Gasteiger partial charge on any atom is -0.465 e. The number of aromatic hydroxyl groups is 1. The zero-order chi connectivity index (χ0) is 12.9. The Labute approximate surface area is 105 Å². The Morgan fingerprint density at radius 2 is 2.11 bits per heavy atom. The van der Waals surface area contributed by atoms with Gasteiger partial charge in [-0.2, -0.15) is 0 Å². The molecule has 0 unspecified atom stereocenters. The van der Waals surface area contributed by atoms with E-state index in [0.717, 1.165) is 12.1 Å². The summed E-state index contributed by atoms with van der Waals surface area (Å²) >= 11 is 0. The van der Waals surface area contributed by atoms with Crippen molar-refractivity contribution in [1.82, 2.24) is 10.2 Å². The average Bonchev–Trinajstić information content (AvgIpc) is 2.82. The highest BCUT2D eigenvalue weighted by molar-refractivity contribution is 5.68. The van der Waals surface area contributed by atoms with Crippen molar-refractivity contribution < 1.29 is 9.52 Å². The molecule has 1 aromatic heterocycles. The molecule has 18 heavy (non-hydrogen) atoms. The fraction of sp³-hybridized carbons (Fsp3) is 0.385. The van der Waals surface area contributed by atoms with E-state index in [9.17, 15) is 0 Å². The Bertz CT molecular complexity index is 604. The Morgan fingerprint density at radius 1 is 1.33 bits per heavy atom. The first-order valence-electron chi connectivity index (χ1n) is 5.86. The number of hydrogen-bond donors (Lipinski definition) is 1. The van der Waals surface area contributed by atoms with Crippen molar-refractivity contribution in [2.24, 2.45) is 0 Å². The first kappa shape index (κ1) is 11.1. The lowest BCUT2D eigenvalue weighted by molar-refractivity contribution is 0.320. The van der Waals surface area contributed by atoms with Crippen molar-refractivity contribution in [3.05, 3.63) is 23.8 Å². The van der Waals surface area contributed by atoms with E-state index in [-0.39, 0.29) is 5.41 Å². The van der Waals surface area contributed by atoms with Gasteiger partial charge in [-0.3, -0.25) is 0 Å². The smallest absolute Gasteiger partial charge is 0.412 e. The molecule has 94 valence electrons. The summed E-state index contributed by atoms with van der Waals surface area (Å²) in [7, 11) is 2.09. The van der Waals surface area contributed by atoms with Crippen molar-refractivity contribution in [2.75, 3.05) is 18.5 Å². The molecule has 1 aromatic carbocycles. The molecule has 2 aromatic rings. The minimum absolute atomic E-state index is 0.0994. The highest BCUT2D eigenvalue weighted by atomic mass is 16.5. The molecule has 0 fully saturated rings. The Morgan fingerprint density at radius 3 is 2.78 bits per heavy atom. The van der Waals surface area contributed by atoms with Crippen LogP contribution in [0.3, 0.4) is 0 Å². The van der Waals surface area contributed by atoms with Gasteiger partial charge in [0.25, 0.3) is 5.89 Å². The molecule has 0 saturated carbocycles. The summed E-state index contributed by atoms with van der Waals surface area (Å²) in [5.41, 5.74) is 3.43. The highest BCUT2D eigenvalue weighted by Crippen LogP contribution is 2.41. The third-order valence-corrected chi connectivity index (χ3v) is 3.43. The number of anilines is 1. The van der Waals surface area contributed by atoms with Gasteiger partial charge in [-0.05, 0) is 23.8 Å². The normalized spacial score (nSPS) is 16.9. The van der Waals surface area contributed by atoms with Crippen LogP contribution in [-0.2, 0) is 5.41 Å². The zero-order valence-electron chi connectivity index (χ0n) is 10.6. The Hall–Kier alpha value is -2.04. The van der Waals surface area contributed by atoms with E-state index in [1.165, 1.54) is 11.3 Å². The van der Waals surface area contributed by atoms with Crippen LogP contribution in [0.2, 0.25) is 0 Å². The molecule has 0 aliphatic carbocycles. The standard InChI is InChI=1S/C13H15N3O2/c1-13(2)7-16(3)10-5-4-8(6-9(10)13)11-14-15-12(17)18-11/h4-6H,7H2,1-3H3,(H,15,17). The quantitative estimate of drug-likeness (QED) is 0.834. The molecule has 0 saturated heterocycles. The molecule has 0 radical (unpaired) electrons. The van der Waals surface area contributed by atoms with Gasteiger partial charge in [0.15, 0.2) is 0 Å². The van der Waals surface area contributed by atoms with Gasteiger partial charge in [0, 0.05) is 30.3 Å². The number of nitrogens with zero attached hydrogens (tertiary/aromatic N) is 3. The van der Waals surface area contributed by atoms with Gasteiger partial charge in [0.2, 0.25) is 0 Å². The Kier molecular flexibility index (Phi) is 2.14. The van der Waals surface area contributed by atoms with Gasteiger partial charge in [-0.15, -0.1) is 5.10 Å². The van der Waals surface area contributed by atoms with Gasteiger partial charge in [0.1, 0.15) is 0 Å². The summed E-state index contributed by atoms with van der Waals surface area (Å²) in [5, 5.41) is 16.4. The molecule has 3 rings (SSSR count). The van der Waals surface area contributed by atoms with Crippen molar-refractivity contribution in [3.8, 4) is 17.5 Å². The van der Waals surface area contributed by atoms with Crippen LogP contribution in [0.15, 0.2) is 22.6 Å². The van der Waals surface area contributed by atoms with E-state index in [0.29, 0.717) is 5.89 Å².